The van der Waals surface area contributed by atoms with Gasteiger partial charge >= 0.3 is 0 Å². The summed E-state index contributed by atoms with van der Waals surface area (Å²) >= 11 is 0. The molecule has 0 aromatic carbocycles. The summed E-state index contributed by atoms with van der Waals surface area (Å²) in [6.45, 7) is 11.1. The summed E-state index contributed by atoms with van der Waals surface area (Å²) in [6, 6.07) is 4.35. The van der Waals surface area contributed by atoms with Crippen LogP contribution in [0.2, 0.25) is 0 Å². The van der Waals surface area contributed by atoms with Gasteiger partial charge < -0.3 is 15.1 Å². The molecule has 2 aliphatic rings. The average Bonchev–Trinajstić information content (AvgIpc) is 2.96. The average molecular weight is 332 g/mol. The number of hydrogen-bond donors (Lipinski definition) is 2. The molecule has 1 aliphatic heterocycles. The number of carbonyl (C=O) groups is 1. The molecule has 1 aromatic rings. The third-order valence-corrected chi connectivity index (χ3v) is 5.31. The third-order valence-electron chi connectivity index (χ3n) is 5.31. The van der Waals surface area contributed by atoms with Crippen molar-refractivity contribution in [2.24, 2.45) is 5.92 Å². The van der Waals surface area contributed by atoms with Crippen molar-refractivity contribution in [3.05, 3.63) is 23.7 Å². The molecule has 2 atom stereocenters. The van der Waals surface area contributed by atoms with Crippen LogP contribution in [0, 0.1) is 5.92 Å². The van der Waals surface area contributed by atoms with E-state index in [4.69, 9.17) is 4.42 Å². The lowest BCUT2D eigenvalue weighted by atomic mass is 9.79. The van der Waals surface area contributed by atoms with E-state index in [1.807, 2.05) is 6.07 Å². The van der Waals surface area contributed by atoms with Crippen LogP contribution in [0.4, 0.5) is 0 Å². The number of piperidine rings is 1. The van der Waals surface area contributed by atoms with Crippen molar-refractivity contribution in [2.75, 3.05) is 0 Å². The predicted octanol–water partition coefficient (Wildman–Crippen LogP) is 3.76. The maximum absolute atomic E-state index is 12.3. The Morgan fingerprint density at radius 2 is 1.88 bits per heavy atom. The summed E-state index contributed by atoms with van der Waals surface area (Å²) in [4.78, 5) is 12.3. The Morgan fingerprint density at radius 1 is 1.25 bits per heavy atom. The van der Waals surface area contributed by atoms with Crippen LogP contribution in [0.15, 0.2) is 16.5 Å². The molecule has 1 aromatic heterocycles. The zero-order chi connectivity index (χ0) is 17.5. The summed E-state index contributed by atoms with van der Waals surface area (Å²) in [6.07, 6.45) is 4.34. The van der Waals surface area contributed by atoms with Crippen molar-refractivity contribution in [2.45, 2.75) is 89.8 Å². The molecular weight excluding hydrogens is 300 g/mol. The van der Waals surface area contributed by atoms with Crippen LogP contribution in [-0.2, 0) is 11.2 Å². The number of aryl methyl sites for hydroxylation is 1. The second-order valence-corrected chi connectivity index (χ2v) is 9.19. The Labute approximate surface area is 145 Å². The van der Waals surface area contributed by atoms with Crippen LogP contribution in [-0.4, -0.2) is 23.0 Å². The molecule has 0 bridgehead atoms. The number of amides is 1. The van der Waals surface area contributed by atoms with Crippen LogP contribution >= 0.6 is 0 Å². The minimum Gasteiger partial charge on any atom is -0.466 e. The van der Waals surface area contributed by atoms with E-state index in [0.717, 1.165) is 30.3 Å². The minimum absolute atomic E-state index is 0.0521. The largest absolute Gasteiger partial charge is 0.466 e. The number of nitrogens with one attached hydrogen (secondary N) is 2. The van der Waals surface area contributed by atoms with Crippen molar-refractivity contribution in [1.82, 2.24) is 10.6 Å². The summed E-state index contributed by atoms with van der Waals surface area (Å²) in [5.41, 5.74) is 0.104. The van der Waals surface area contributed by atoms with Gasteiger partial charge in [-0.25, -0.2) is 0 Å². The first-order valence-corrected chi connectivity index (χ1v) is 9.31. The number of hydrogen-bond acceptors (Lipinski definition) is 3. The van der Waals surface area contributed by atoms with Gasteiger partial charge in [-0.05, 0) is 65.0 Å². The highest BCUT2D eigenvalue weighted by atomic mass is 16.3. The summed E-state index contributed by atoms with van der Waals surface area (Å²) < 4.78 is 5.89. The second kappa shape index (κ2) is 6.21. The lowest BCUT2D eigenvalue weighted by Gasteiger charge is -2.46. The van der Waals surface area contributed by atoms with Gasteiger partial charge in [0.25, 0.3) is 0 Å². The Bertz CT molecular complexity index is 587. The van der Waals surface area contributed by atoms with E-state index in [2.05, 4.69) is 51.3 Å². The molecule has 1 saturated carbocycles. The highest BCUT2D eigenvalue weighted by Crippen LogP contribution is 2.47. The molecule has 0 spiro atoms. The molecule has 2 heterocycles. The minimum atomic E-state index is 0.0521. The fourth-order valence-corrected chi connectivity index (χ4v) is 4.41. The summed E-state index contributed by atoms with van der Waals surface area (Å²) in [5.74, 6) is 3.52. The maximum Gasteiger partial charge on any atom is 0.220 e. The van der Waals surface area contributed by atoms with Gasteiger partial charge in [0.2, 0.25) is 5.91 Å². The first kappa shape index (κ1) is 17.5. The SMILES string of the molecule is C[C@@H]1C[C@H]1c1ccc(CCC(=O)NC2CC(C)(C)NC(C)(C)C2)o1. The van der Waals surface area contributed by atoms with Gasteiger partial charge in [0.05, 0.1) is 0 Å². The summed E-state index contributed by atoms with van der Waals surface area (Å²) in [5, 5.41) is 6.88. The third kappa shape index (κ3) is 4.41. The van der Waals surface area contributed by atoms with Gasteiger partial charge in [-0.1, -0.05) is 6.92 Å². The molecule has 2 fully saturated rings. The molecule has 4 nitrogen and oxygen atoms in total. The van der Waals surface area contributed by atoms with Crippen molar-refractivity contribution in [3.8, 4) is 0 Å². The molecule has 4 heteroatoms. The molecule has 134 valence electrons. The quantitative estimate of drug-likeness (QED) is 0.863. The Balaban J connectivity index is 1.48. The van der Waals surface area contributed by atoms with Gasteiger partial charge in [0, 0.05) is 35.9 Å². The molecule has 1 aliphatic carbocycles. The smallest absolute Gasteiger partial charge is 0.220 e. The van der Waals surface area contributed by atoms with Gasteiger partial charge in [-0.2, -0.15) is 0 Å². The molecule has 1 amide bonds. The lowest BCUT2D eigenvalue weighted by Crippen LogP contribution is -2.62. The van der Waals surface area contributed by atoms with Gasteiger partial charge in [0.1, 0.15) is 11.5 Å². The van der Waals surface area contributed by atoms with Crippen LogP contribution < -0.4 is 10.6 Å². The zero-order valence-corrected chi connectivity index (χ0v) is 15.7. The van der Waals surface area contributed by atoms with Crippen molar-refractivity contribution in [1.29, 1.82) is 0 Å². The van der Waals surface area contributed by atoms with Gasteiger partial charge in [-0.15, -0.1) is 0 Å². The topological polar surface area (TPSA) is 54.3 Å². The van der Waals surface area contributed by atoms with E-state index in [-0.39, 0.29) is 23.0 Å². The van der Waals surface area contributed by atoms with Crippen molar-refractivity contribution in [3.63, 3.8) is 0 Å². The Kier molecular flexibility index (Phi) is 4.54. The Morgan fingerprint density at radius 3 is 2.46 bits per heavy atom. The highest BCUT2D eigenvalue weighted by molar-refractivity contribution is 5.76. The van der Waals surface area contributed by atoms with E-state index in [1.54, 1.807) is 0 Å². The molecule has 3 rings (SSSR count). The lowest BCUT2D eigenvalue weighted by molar-refractivity contribution is -0.122. The fraction of sp³-hybridized carbons (Fsp3) is 0.750. The van der Waals surface area contributed by atoms with E-state index < -0.39 is 0 Å². The first-order chi connectivity index (χ1) is 11.1. The molecule has 24 heavy (non-hydrogen) atoms. The van der Waals surface area contributed by atoms with Crippen LogP contribution in [0.25, 0.3) is 0 Å². The van der Waals surface area contributed by atoms with E-state index >= 15 is 0 Å². The monoisotopic (exact) mass is 332 g/mol. The molecule has 2 N–H and O–H groups in total. The van der Waals surface area contributed by atoms with Crippen LogP contribution in [0.3, 0.4) is 0 Å². The van der Waals surface area contributed by atoms with E-state index in [0.29, 0.717) is 18.8 Å². The van der Waals surface area contributed by atoms with E-state index in [1.165, 1.54) is 6.42 Å². The van der Waals surface area contributed by atoms with Crippen LogP contribution in [0.5, 0.6) is 0 Å². The van der Waals surface area contributed by atoms with Crippen molar-refractivity contribution >= 4 is 5.91 Å². The normalized spacial score (nSPS) is 28.5. The number of rotatable bonds is 5. The summed E-state index contributed by atoms with van der Waals surface area (Å²) in [7, 11) is 0. The predicted molar refractivity (Wildman–Crippen MR) is 96.0 cm³/mol. The fourth-order valence-electron chi connectivity index (χ4n) is 4.41. The molecule has 0 radical (unpaired) electrons. The molecule has 0 unspecified atom stereocenters. The zero-order valence-electron chi connectivity index (χ0n) is 15.7. The Hall–Kier alpha value is -1.29. The highest BCUT2D eigenvalue weighted by Gasteiger charge is 2.38. The molecule has 1 saturated heterocycles. The second-order valence-electron chi connectivity index (χ2n) is 9.19. The van der Waals surface area contributed by atoms with Gasteiger partial charge in [-0.3, -0.25) is 4.79 Å². The number of carbonyl (C=O) groups excluding carboxylic acids is 1. The van der Waals surface area contributed by atoms with Gasteiger partial charge in [0.15, 0.2) is 0 Å². The van der Waals surface area contributed by atoms with Crippen LogP contribution in [0.1, 0.15) is 77.7 Å². The van der Waals surface area contributed by atoms with Crippen molar-refractivity contribution < 1.29 is 9.21 Å². The maximum atomic E-state index is 12.3. The molecular formula is C20H32N2O2. The first-order valence-electron chi connectivity index (χ1n) is 9.31. The standard InChI is InChI=1S/C20H32N2O2/c1-13-10-16(13)17-8-6-15(24-17)7-9-18(23)21-14-11-19(2,3)22-20(4,5)12-14/h6,8,13-14,16,22H,7,9-12H2,1-5H3,(H,21,23)/t13-,16-/m1/s1. The van der Waals surface area contributed by atoms with E-state index in [9.17, 15) is 4.79 Å². The number of furan rings is 1.